The Labute approximate surface area is 219 Å². The summed E-state index contributed by atoms with van der Waals surface area (Å²) in [5, 5.41) is 15.2. The molecule has 1 aliphatic heterocycles. The number of hydroxylamine groups is 2. The molecule has 0 spiro atoms. The maximum Gasteiger partial charge on any atom is 0.347 e. The predicted molar refractivity (Wildman–Crippen MR) is 140 cm³/mol. The van der Waals surface area contributed by atoms with E-state index < -0.39 is 23.8 Å². The Morgan fingerprint density at radius 1 is 1.06 bits per heavy atom. The average molecular weight is 529 g/mol. The number of anilines is 2. The van der Waals surface area contributed by atoms with Gasteiger partial charge in [-0.2, -0.15) is 5.06 Å². The Bertz CT molecular complexity index is 1290. The van der Waals surface area contributed by atoms with Crippen molar-refractivity contribution in [3.8, 4) is 5.75 Å². The van der Waals surface area contributed by atoms with Crippen LogP contribution in [0.4, 0.5) is 21.0 Å². The largest absolute Gasteiger partial charge is 0.496 e. The first-order chi connectivity index (χ1) is 17.1. The van der Waals surface area contributed by atoms with Crippen LogP contribution in [0.3, 0.4) is 0 Å². The number of para-hydroxylation sites is 1. The van der Waals surface area contributed by atoms with Crippen molar-refractivity contribution in [1.82, 2.24) is 9.96 Å². The van der Waals surface area contributed by atoms with Gasteiger partial charge >= 0.3 is 12.1 Å². The lowest BCUT2D eigenvalue weighted by atomic mass is 9.99. The SMILES string of the molecule is COc1ccccc1CN1C(=O)N(c2cccc(Cl)c2)[C@H](N(O)C(=O)Nc2cccc(Cl)c2)C1(C)C. The lowest BCUT2D eigenvalue weighted by Crippen LogP contribution is -2.58. The van der Waals surface area contributed by atoms with Gasteiger partial charge in [0.25, 0.3) is 0 Å². The van der Waals surface area contributed by atoms with Crippen LogP contribution in [0, 0.1) is 0 Å². The van der Waals surface area contributed by atoms with Gasteiger partial charge in [0, 0.05) is 27.0 Å². The highest BCUT2D eigenvalue weighted by Crippen LogP contribution is 2.40. The highest BCUT2D eigenvalue weighted by Gasteiger charge is 2.56. The normalized spacial score (nSPS) is 16.7. The molecule has 0 radical (unpaired) electrons. The second-order valence-corrected chi connectivity index (χ2v) is 9.72. The Balaban J connectivity index is 1.73. The quantitative estimate of drug-likeness (QED) is 0.283. The maximum absolute atomic E-state index is 13.9. The summed E-state index contributed by atoms with van der Waals surface area (Å²) >= 11 is 12.3. The van der Waals surface area contributed by atoms with Crippen molar-refractivity contribution in [2.24, 2.45) is 0 Å². The minimum atomic E-state index is -1.10. The van der Waals surface area contributed by atoms with E-state index in [1.54, 1.807) is 74.4 Å². The van der Waals surface area contributed by atoms with E-state index in [-0.39, 0.29) is 6.54 Å². The first kappa shape index (κ1) is 25.6. The second-order valence-electron chi connectivity index (χ2n) is 8.84. The lowest BCUT2D eigenvalue weighted by Gasteiger charge is -2.38. The number of halogens is 2. The minimum Gasteiger partial charge on any atom is -0.496 e. The van der Waals surface area contributed by atoms with Gasteiger partial charge < -0.3 is 15.0 Å². The molecule has 0 aliphatic carbocycles. The molecule has 0 unspecified atom stereocenters. The summed E-state index contributed by atoms with van der Waals surface area (Å²) in [5.41, 5.74) is 0.568. The van der Waals surface area contributed by atoms with Gasteiger partial charge in [-0.05, 0) is 56.3 Å². The molecule has 0 bridgehead atoms. The fourth-order valence-electron chi connectivity index (χ4n) is 4.36. The molecule has 3 aromatic carbocycles. The van der Waals surface area contributed by atoms with Crippen LogP contribution < -0.4 is 15.0 Å². The lowest BCUT2D eigenvalue weighted by molar-refractivity contribution is -0.0955. The molecule has 4 rings (SSSR count). The summed E-state index contributed by atoms with van der Waals surface area (Å²) in [4.78, 5) is 29.9. The number of urea groups is 2. The number of rotatable bonds is 6. The van der Waals surface area contributed by atoms with E-state index in [0.29, 0.717) is 32.2 Å². The summed E-state index contributed by atoms with van der Waals surface area (Å²) in [6.45, 7) is 3.75. The van der Waals surface area contributed by atoms with Crippen molar-refractivity contribution in [2.45, 2.75) is 32.1 Å². The monoisotopic (exact) mass is 528 g/mol. The van der Waals surface area contributed by atoms with Gasteiger partial charge in [-0.3, -0.25) is 10.1 Å². The number of hydrogen-bond acceptors (Lipinski definition) is 4. The first-order valence-electron chi connectivity index (χ1n) is 11.2. The molecule has 188 valence electrons. The third kappa shape index (κ3) is 4.93. The van der Waals surface area contributed by atoms with E-state index in [4.69, 9.17) is 27.9 Å². The smallest absolute Gasteiger partial charge is 0.347 e. The Morgan fingerprint density at radius 2 is 1.72 bits per heavy atom. The Hall–Kier alpha value is -3.46. The van der Waals surface area contributed by atoms with Crippen molar-refractivity contribution >= 4 is 46.6 Å². The zero-order valence-corrected chi connectivity index (χ0v) is 21.5. The molecule has 8 nitrogen and oxygen atoms in total. The minimum absolute atomic E-state index is 0.188. The number of benzene rings is 3. The molecule has 36 heavy (non-hydrogen) atoms. The summed E-state index contributed by atoms with van der Waals surface area (Å²) in [6.07, 6.45) is -1.10. The van der Waals surface area contributed by atoms with Crippen molar-refractivity contribution in [3.05, 3.63) is 88.4 Å². The van der Waals surface area contributed by atoms with E-state index in [1.807, 2.05) is 24.3 Å². The molecule has 4 amide bonds. The molecule has 1 saturated heterocycles. The van der Waals surface area contributed by atoms with Crippen molar-refractivity contribution in [2.75, 3.05) is 17.3 Å². The molecule has 2 N–H and O–H groups in total. The van der Waals surface area contributed by atoms with Gasteiger partial charge in [-0.25, -0.2) is 9.59 Å². The highest BCUT2D eigenvalue weighted by atomic mass is 35.5. The number of amides is 4. The van der Waals surface area contributed by atoms with E-state index in [1.165, 1.54) is 4.90 Å². The zero-order valence-electron chi connectivity index (χ0n) is 20.0. The van der Waals surface area contributed by atoms with Crippen LogP contribution in [0.15, 0.2) is 72.8 Å². The van der Waals surface area contributed by atoms with Crippen molar-refractivity contribution in [3.63, 3.8) is 0 Å². The molecule has 3 aromatic rings. The Morgan fingerprint density at radius 3 is 2.39 bits per heavy atom. The number of nitrogens with one attached hydrogen (secondary N) is 1. The van der Waals surface area contributed by atoms with E-state index >= 15 is 0 Å². The van der Waals surface area contributed by atoms with Crippen LogP contribution in [0.2, 0.25) is 10.0 Å². The molecular formula is C26H26Cl2N4O4. The van der Waals surface area contributed by atoms with Crippen LogP contribution in [-0.2, 0) is 6.54 Å². The summed E-state index contributed by atoms with van der Waals surface area (Å²) < 4.78 is 5.47. The molecule has 1 aliphatic rings. The highest BCUT2D eigenvalue weighted by molar-refractivity contribution is 6.31. The predicted octanol–water partition coefficient (Wildman–Crippen LogP) is 6.47. The van der Waals surface area contributed by atoms with Crippen LogP contribution in [0.1, 0.15) is 19.4 Å². The van der Waals surface area contributed by atoms with Gasteiger partial charge in [-0.15, -0.1) is 0 Å². The van der Waals surface area contributed by atoms with E-state index in [2.05, 4.69) is 5.32 Å². The molecule has 1 fully saturated rings. The van der Waals surface area contributed by atoms with Gasteiger partial charge in [0.15, 0.2) is 6.17 Å². The average Bonchev–Trinajstić information content (AvgIpc) is 3.04. The third-order valence-electron chi connectivity index (χ3n) is 6.13. The van der Waals surface area contributed by atoms with Gasteiger partial charge in [-0.1, -0.05) is 53.5 Å². The Kier molecular flexibility index (Phi) is 7.31. The molecule has 1 heterocycles. The molecule has 0 saturated carbocycles. The van der Waals surface area contributed by atoms with Gasteiger partial charge in [0.05, 0.1) is 19.2 Å². The molecule has 1 atom stereocenters. The van der Waals surface area contributed by atoms with Gasteiger partial charge in [0.1, 0.15) is 5.75 Å². The molecular weight excluding hydrogens is 503 g/mol. The number of carbonyl (C=O) groups excluding carboxylic acids is 2. The van der Waals surface area contributed by atoms with Crippen molar-refractivity contribution in [1.29, 1.82) is 0 Å². The standard InChI is InChI=1S/C26H26Cl2N4O4/c1-26(2)23(32(35)24(33)29-20-11-6-9-18(27)14-20)31(21-12-7-10-19(28)15-21)25(34)30(26)16-17-8-4-5-13-22(17)36-3/h4-15,23,35H,16H2,1-3H3,(H,29,33)/t23-/m1/s1. The molecule has 0 aromatic heterocycles. The van der Waals surface area contributed by atoms with Crippen LogP contribution in [0.5, 0.6) is 5.75 Å². The van der Waals surface area contributed by atoms with Gasteiger partial charge in [0.2, 0.25) is 0 Å². The number of methoxy groups -OCH3 is 1. The molecule has 10 heteroatoms. The van der Waals surface area contributed by atoms with E-state index in [9.17, 15) is 14.8 Å². The van der Waals surface area contributed by atoms with Crippen LogP contribution in [0.25, 0.3) is 0 Å². The second kappa shape index (κ2) is 10.3. The topological polar surface area (TPSA) is 85.3 Å². The number of nitrogens with zero attached hydrogens (tertiary/aromatic N) is 3. The number of ether oxygens (including phenoxy) is 1. The number of carbonyl (C=O) groups is 2. The van der Waals surface area contributed by atoms with Crippen LogP contribution >= 0.6 is 23.2 Å². The number of hydrogen-bond donors (Lipinski definition) is 2. The fraction of sp³-hybridized carbons (Fsp3) is 0.231. The zero-order chi connectivity index (χ0) is 26.0. The van der Waals surface area contributed by atoms with Crippen LogP contribution in [-0.4, -0.2) is 46.0 Å². The summed E-state index contributed by atoms with van der Waals surface area (Å²) in [6, 6.07) is 19.4. The van der Waals surface area contributed by atoms with Crippen molar-refractivity contribution < 1.29 is 19.5 Å². The summed E-state index contributed by atoms with van der Waals surface area (Å²) in [7, 11) is 1.56. The summed E-state index contributed by atoms with van der Waals surface area (Å²) in [5.74, 6) is 0.624. The fourth-order valence-corrected chi connectivity index (χ4v) is 4.73. The first-order valence-corrected chi connectivity index (χ1v) is 11.9. The third-order valence-corrected chi connectivity index (χ3v) is 6.60. The van der Waals surface area contributed by atoms with E-state index in [0.717, 1.165) is 5.56 Å². The maximum atomic E-state index is 13.9.